The monoisotopic (exact) mass is 294 g/mol. The number of hydrogen-bond acceptors (Lipinski definition) is 2. The third-order valence-electron chi connectivity index (χ3n) is 3.29. The van der Waals surface area contributed by atoms with Crippen molar-refractivity contribution in [1.29, 1.82) is 0 Å². The van der Waals surface area contributed by atoms with E-state index in [-0.39, 0.29) is 0 Å². The van der Waals surface area contributed by atoms with Crippen molar-refractivity contribution in [3.8, 4) is 0 Å². The predicted octanol–water partition coefficient (Wildman–Crippen LogP) is 3.80. The third kappa shape index (κ3) is 3.98. The van der Waals surface area contributed by atoms with Crippen LogP contribution in [0.4, 0.5) is 18.9 Å². The van der Waals surface area contributed by atoms with Gasteiger partial charge in [-0.25, -0.2) is 0 Å². The van der Waals surface area contributed by atoms with Crippen LogP contribution in [0.15, 0.2) is 48.5 Å². The highest BCUT2D eigenvalue weighted by molar-refractivity contribution is 5.47. The second-order valence-corrected chi connectivity index (χ2v) is 4.92. The highest BCUT2D eigenvalue weighted by Crippen LogP contribution is 2.30. The predicted molar refractivity (Wildman–Crippen MR) is 77.9 cm³/mol. The Balaban J connectivity index is 2.13. The second kappa shape index (κ2) is 6.18. The first-order valence-corrected chi connectivity index (χ1v) is 6.56. The summed E-state index contributed by atoms with van der Waals surface area (Å²) in [5, 5.41) is 0. The van der Waals surface area contributed by atoms with Crippen LogP contribution in [0, 0.1) is 0 Å². The van der Waals surface area contributed by atoms with Crippen molar-refractivity contribution in [1.82, 2.24) is 0 Å². The molecule has 21 heavy (non-hydrogen) atoms. The molecule has 2 nitrogen and oxygen atoms in total. The molecule has 0 spiro atoms. The summed E-state index contributed by atoms with van der Waals surface area (Å²) in [6.45, 7) is 0.878. The van der Waals surface area contributed by atoms with Crippen LogP contribution >= 0.6 is 0 Å². The van der Waals surface area contributed by atoms with Crippen molar-refractivity contribution in [3.05, 3.63) is 65.2 Å². The Labute approximate surface area is 122 Å². The minimum absolute atomic E-state index is 0.409. The van der Waals surface area contributed by atoms with Crippen LogP contribution in [0.2, 0.25) is 0 Å². The van der Waals surface area contributed by atoms with Gasteiger partial charge in [-0.3, -0.25) is 0 Å². The Morgan fingerprint density at radius 2 is 1.67 bits per heavy atom. The molecule has 2 aromatic rings. The zero-order valence-corrected chi connectivity index (χ0v) is 11.7. The van der Waals surface area contributed by atoms with Crippen LogP contribution in [0.25, 0.3) is 0 Å². The van der Waals surface area contributed by atoms with E-state index in [1.54, 1.807) is 6.07 Å². The molecule has 0 radical (unpaired) electrons. The minimum Gasteiger partial charge on any atom is -0.370 e. The number of halogens is 3. The first kappa shape index (κ1) is 15.4. The molecular formula is C16H17F3N2. The van der Waals surface area contributed by atoms with E-state index in [1.807, 2.05) is 36.2 Å². The summed E-state index contributed by atoms with van der Waals surface area (Å²) in [5.74, 6) is 0. The van der Waals surface area contributed by atoms with Crippen LogP contribution in [0.3, 0.4) is 0 Å². The lowest BCUT2D eigenvalue weighted by Gasteiger charge is -2.20. The van der Waals surface area contributed by atoms with Gasteiger partial charge in [0.05, 0.1) is 5.56 Å². The number of nitrogens with zero attached hydrogens (tertiary/aromatic N) is 1. The summed E-state index contributed by atoms with van der Waals surface area (Å²) in [6.07, 6.45) is -4.31. The molecule has 0 bridgehead atoms. The highest BCUT2D eigenvalue weighted by Gasteiger charge is 2.30. The van der Waals surface area contributed by atoms with Gasteiger partial charge in [0.1, 0.15) is 0 Å². The number of nitrogens with two attached hydrogens (primary N) is 1. The van der Waals surface area contributed by atoms with Gasteiger partial charge in [-0.2, -0.15) is 13.2 Å². The van der Waals surface area contributed by atoms with E-state index in [4.69, 9.17) is 5.73 Å². The van der Waals surface area contributed by atoms with E-state index in [0.29, 0.717) is 18.7 Å². The molecule has 0 aliphatic carbocycles. The number of benzene rings is 2. The molecule has 0 aliphatic heterocycles. The van der Waals surface area contributed by atoms with Gasteiger partial charge in [-0.05, 0) is 35.4 Å². The zero-order chi connectivity index (χ0) is 15.5. The lowest BCUT2D eigenvalue weighted by atomic mass is 10.1. The number of hydrogen-bond donors (Lipinski definition) is 1. The molecule has 2 N–H and O–H groups in total. The van der Waals surface area contributed by atoms with E-state index in [9.17, 15) is 13.2 Å². The van der Waals surface area contributed by atoms with Crippen molar-refractivity contribution in [2.75, 3.05) is 11.9 Å². The van der Waals surface area contributed by atoms with Crippen molar-refractivity contribution in [3.63, 3.8) is 0 Å². The van der Waals surface area contributed by atoms with Crippen molar-refractivity contribution in [2.45, 2.75) is 19.3 Å². The maximum absolute atomic E-state index is 12.7. The van der Waals surface area contributed by atoms with E-state index in [2.05, 4.69) is 0 Å². The fourth-order valence-electron chi connectivity index (χ4n) is 2.10. The van der Waals surface area contributed by atoms with E-state index in [0.717, 1.165) is 17.3 Å². The highest BCUT2D eigenvalue weighted by atomic mass is 19.4. The van der Waals surface area contributed by atoms with Crippen LogP contribution < -0.4 is 10.6 Å². The van der Waals surface area contributed by atoms with Gasteiger partial charge in [-0.15, -0.1) is 0 Å². The lowest BCUT2D eigenvalue weighted by molar-refractivity contribution is -0.137. The molecule has 0 amide bonds. The van der Waals surface area contributed by atoms with Crippen molar-refractivity contribution >= 4 is 5.69 Å². The zero-order valence-electron chi connectivity index (χ0n) is 11.7. The number of alkyl halides is 3. The summed E-state index contributed by atoms with van der Waals surface area (Å²) in [6, 6.07) is 13.1. The summed E-state index contributed by atoms with van der Waals surface area (Å²) < 4.78 is 38.1. The minimum atomic E-state index is -4.31. The number of anilines is 1. The van der Waals surface area contributed by atoms with Gasteiger partial charge in [0.25, 0.3) is 0 Å². The molecule has 0 saturated carbocycles. The molecule has 0 saturated heterocycles. The topological polar surface area (TPSA) is 29.3 Å². The van der Waals surface area contributed by atoms with Crippen molar-refractivity contribution in [2.24, 2.45) is 5.73 Å². The fourth-order valence-corrected chi connectivity index (χ4v) is 2.10. The largest absolute Gasteiger partial charge is 0.416 e. The smallest absolute Gasteiger partial charge is 0.370 e. The Kier molecular flexibility index (Phi) is 4.53. The van der Waals surface area contributed by atoms with Gasteiger partial charge in [-0.1, -0.05) is 24.3 Å². The van der Waals surface area contributed by atoms with Crippen LogP contribution in [-0.4, -0.2) is 7.05 Å². The Hall–Kier alpha value is -2.01. The quantitative estimate of drug-likeness (QED) is 0.929. The average Bonchev–Trinajstić information content (AvgIpc) is 2.47. The lowest BCUT2D eigenvalue weighted by Crippen LogP contribution is -2.17. The third-order valence-corrected chi connectivity index (χ3v) is 3.29. The molecule has 0 unspecified atom stereocenters. The molecule has 0 heterocycles. The fraction of sp³-hybridized carbons (Fsp3) is 0.250. The first-order valence-electron chi connectivity index (χ1n) is 6.56. The molecule has 112 valence electrons. The Bertz CT molecular complexity index is 591. The summed E-state index contributed by atoms with van der Waals surface area (Å²) in [7, 11) is 1.84. The first-order chi connectivity index (χ1) is 9.90. The van der Waals surface area contributed by atoms with Gasteiger partial charge in [0, 0.05) is 25.8 Å². The SMILES string of the molecule is CN(Cc1cccc(C(F)(F)F)c1)c1ccc(CN)cc1. The summed E-state index contributed by atoms with van der Waals surface area (Å²) in [4.78, 5) is 1.90. The number of rotatable bonds is 4. The van der Waals surface area contributed by atoms with E-state index >= 15 is 0 Å². The molecule has 0 fully saturated rings. The average molecular weight is 294 g/mol. The molecule has 2 aromatic carbocycles. The van der Waals surface area contributed by atoms with Crippen LogP contribution in [0.5, 0.6) is 0 Å². The summed E-state index contributed by atoms with van der Waals surface area (Å²) in [5.41, 5.74) is 7.49. The molecule has 0 aliphatic rings. The maximum Gasteiger partial charge on any atom is 0.416 e. The molecule has 2 rings (SSSR count). The second-order valence-electron chi connectivity index (χ2n) is 4.92. The van der Waals surface area contributed by atoms with Gasteiger partial charge >= 0.3 is 6.18 Å². The summed E-state index contributed by atoms with van der Waals surface area (Å²) >= 11 is 0. The van der Waals surface area contributed by atoms with Gasteiger partial charge < -0.3 is 10.6 Å². The van der Waals surface area contributed by atoms with Crippen molar-refractivity contribution < 1.29 is 13.2 Å². The van der Waals surface area contributed by atoms with E-state index < -0.39 is 11.7 Å². The normalized spacial score (nSPS) is 11.5. The maximum atomic E-state index is 12.7. The Morgan fingerprint density at radius 1 is 1.00 bits per heavy atom. The van der Waals surface area contributed by atoms with Gasteiger partial charge in [0.15, 0.2) is 0 Å². The standard InChI is InChI=1S/C16H17F3N2/c1-21(15-7-5-12(10-20)6-8-15)11-13-3-2-4-14(9-13)16(17,18)19/h2-9H,10-11,20H2,1H3. The molecular weight excluding hydrogens is 277 g/mol. The Morgan fingerprint density at radius 3 is 2.24 bits per heavy atom. The molecule has 0 aromatic heterocycles. The van der Waals surface area contributed by atoms with Crippen LogP contribution in [0.1, 0.15) is 16.7 Å². The van der Waals surface area contributed by atoms with Crippen LogP contribution in [-0.2, 0) is 19.3 Å². The molecule has 5 heteroatoms. The molecule has 0 atom stereocenters. The van der Waals surface area contributed by atoms with E-state index in [1.165, 1.54) is 12.1 Å². The van der Waals surface area contributed by atoms with Gasteiger partial charge in [0.2, 0.25) is 0 Å².